The van der Waals surface area contributed by atoms with Crippen molar-refractivity contribution in [3.63, 3.8) is 0 Å². The van der Waals surface area contributed by atoms with Crippen LogP contribution in [0.1, 0.15) is 13.8 Å². The van der Waals surface area contributed by atoms with Crippen LogP contribution in [-0.4, -0.2) is 15.5 Å². The monoisotopic (exact) mass is 192 g/mol. The first-order valence-corrected chi connectivity index (χ1v) is 4.05. The molecule has 1 aromatic rings. The van der Waals surface area contributed by atoms with Gasteiger partial charge in [0.1, 0.15) is 5.69 Å². The first kappa shape index (κ1) is 10.1. The molecule has 0 aromatic carbocycles. The van der Waals surface area contributed by atoms with Gasteiger partial charge < -0.3 is 16.0 Å². The Morgan fingerprint density at radius 3 is 2.93 bits per heavy atom. The fourth-order valence-electron chi connectivity index (χ4n) is 0.842. The average molecular weight is 192 g/mol. The Hall–Kier alpha value is -1.96. The Morgan fingerprint density at radius 1 is 1.71 bits per heavy atom. The van der Waals surface area contributed by atoms with Crippen molar-refractivity contribution < 1.29 is 0 Å². The molecule has 0 spiro atoms. The number of hydrogen-bond donors (Lipinski definition) is 3. The molecular formula is C9H12N4O. The van der Waals surface area contributed by atoms with Gasteiger partial charge in [0, 0.05) is 0 Å². The van der Waals surface area contributed by atoms with E-state index in [4.69, 9.17) is 12.2 Å². The number of nitrogen functional groups attached to an aromatic ring is 1. The van der Waals surface area contributed by atoms with Gasteiger partial charge in [-0.25, -0.2) is 4.98 Å². The largest absolute Gasteiger partial charge is 0.391 e. The van der Waals surface area contributed by atoms with E-state index in [0.717, 1.165) is 0 Å². The summed E-state index contributed by atoms with van der Waals surface area (Å²) in [5, 5.41) is 2.88. The van der Waals surface area contributed by atoms with Gasteiger partial charge in [0.25, 0.3) is 5.56 Å². The molecule has 0 radical (unpaired) electrons. The van der Waals surface area contributed by atoms with Crippen molar-refractivity contribution in [2.75, 3.05) is 11.1 Å². The maximum atomic E-state index is 11.1. The molecule has 0 atom stereocenters. The first-order valence-electron chi connectivity index (χ1n) is 4.05. The van der Waals surface area contributed by atoms with Gasteiger partial charge >= 0.3 is 0 Å². The van der Waals surface area contributed by atoms with Gasteiger partial charge in [0.2, 0.25) is 0 Å². The summed E-state index contributed by atoms with van der Waals surface area (Å²) < 4.78 is 0. The second kappa shape index (κ2) is 3.42. The van der Waals surface area contributed by atoms with E-state index < -0.39 is 5.54 Å². The summed E-state index contributed by atoms with van der Waals surface area (Å²) in [4.78, 5) is 17.3. The third-order valence-corrected chi connectivity index (χ3v) is 1.68. The lowest BCUT2D eigenvalue weighted by Gasteiger charge is -2.20. The maximum Gasteiger partial charge on any atom is 0.276 e. The molecule has 5 nitrogen and oxygen atoms in total. The van der Waals surface area contributed by atoms with Crippen LogP contribution in [0.4, 0.5) is 11.5 Å². The van der Waals surface area contributed by atoms with Gasteiger partial charge in [-0.3, -0.25) is 4.79 Å². The Bertz CT molecular complexity index is 427. The van der Waals surface area contributed by atoms with Crippen LogP contribution in [0.5, 0.6) is 0 Å². The molecule has 0 aliphatic heterocycles. The highest BCUT2D eigenvalue weighted by Crippen LogP contribution is 2.14. The molecular weight excluding hydrogens is 180 g/mol. The number of rotatable bonds is 2. The van der Waals surface area contributed by atoms with E-state index in [1.807, 2.05) is 0 Å². The third-order valence-electron chi connectivity index (χ3n) is 1.68. The van der Waals surface area contributed by atoms with E-state index in [1.54, 1.807) is 13.8 Å². The number of aromatic amines is 1. The van der Waals surface area contributed by atoms with Gasteiger partial charge in [0.15, 0.2) is 5.82 Å². The minimum atomic E-state index is -0.588. The summed E-state index contributed by atoms with van der Waals surface area (Å²) in [6.45, 7) is 3.57. The number of H-pyrrole nitrogens is 1. The summed E-state index contributed by atoms with van der Waals surface area (Å²) in [6.07, 6.45) is 6.55. The predicted octanol–water partition coefficient (Wildman–Crippen LogP) is 0.176. The van der Waals surface area contributed by atoms with Crippen molar-refractivity contribution in [3.05, 3.63) is 16.7 Å². The molecule has 4 N–H and O–H groups in total. The van der Waals surface area contributed by atoms with Crippen LogP contribution in [0, 0.1) is 12.3 Å². The van der Waals surface area contributed by atoms with E-state index >= 15 is 0 Å². The lowest BCUT2D eigenvalue weighted by molar-refractivity contribution is 0.735. The highest BCUT2D eigenvalue weighted by Gasteiger charge is 2.16. The molecule has 1 rings (SSSR count). The number of aromatic nitrogens is 2. The number of nitrogens with zero attached hydrogens (tertiary/aromatic N) is 1. The van der Waals surface area contributed by atoms with Gasteiger partial charge in [-0.05, 0) is 13.8 Å². The lowest BCUT2D eigenvalue weighted by atomic mass is 10.1. The van der Waals surface area contributed by atoms with Gasteiger partial charge in [-0.1, -0.05) is 5.92 Å². The molecule has 1 heterocycles. The van der Waals surface area contributed by atoms with E-state index in [1.165, 1.54) is 6.33 Å². The molecule has 0 saturated carbocycles. The highest BCUT2D eigenvalue weighted by atomic mass is 16.1. The summed E-state index contributed by atoms with van der Waals surface area (Å²) in [5.41, 5.74) is 4.58. The zero-order valence-corrected chi connectivity index (χ0v) is 8.09. The molecule has 0 unspecified atom stereocenters. The second-order valence-corrected chi connectivity index (χ2v) is 3.39. The fourth-order valence-corrected chi connectivity index (χ4v) is 0.842. The Kier molecular flexibility index (Phi) is 2.47. The molecule has 0 bridgehead atoms. The molecule has 0 amide bonds. The molecule has 74 valence electrons. The number of terminal acetylenes is 1. The van der Waals surface area contributed by atoms with Gasteiger partial charge in [0.05, 0.1) is 11.9 Å². The molecule has 0 aliphatic rings. The lowest BCUT2D eigenvalue weighted by Crippen LogP contribution is -2.31. The summed E-state index contributed by atoms with van der Waals surface area (Å²) >= 11 is 0. The quantitative estimate of drug-likeness (QED) is 0.583. The maximum absolute atomic E-state index is 11.1. The number of nitrogens with two attached hydrogens (primary N) is 1. The molecule has 0 fully saturated rings. The van der Waals surface area contributed by atoms with E-state index in [2.05, 4.69) is 21.2 Å². The predicted molar refractivity (Wildman–Crippen MR) is 55.8 cm³/mol. The van der Waals surface area contributed by atoms with E-state index in [0.29, 0.717) is 5.82 Å². The van der Waals surface area contributed by atoms with Gasteiger partial charge in [-0.2, -0.15) is 0 Å². The summed E-state index contributed by atoms with van der Waals surface area (Å²) in [6, 6.07) is 0. The molecule has 5 heteroatoms. The topological polar surface area (TPSA) is 83.8 Å². The van der Waals surface area contributed by atoms with Crippen LogP contribution in [0.3, 0.4) is 0 Å². The normalized spacial score (nSPS) is 10.6. The Balaban J connectivity index is 3.06. The van der Waals surface area contributed by atoms with Crippen molar-refractivity contribution in [3.8, 4) is 12.3 Å². The minimum absolute atomic E-state index is 0.0378. The number of anilines is 2. The van der Waals surface area contributed by atoms with Crippen LogP contribution in [0.15, 0.2) is 11.1 Å². The molecule has 0 saturated heterocycles. The molecule has 14 heavy (non-hydrogen) atoms. The Morgan fingerprint density at radius 2 is 2.36 bits per heavy atom. The molecule has 1 aromatic heterocycles. The van der Waals surface area contributed by atoms with Crippen LogP contribution in [-0.2, 0) is 0 Å². The van der Waals surface area contributed by atoms with Gasteiger partial charge in [-0.15, -0.1) is 6.42 Å². The number of nitrogens with one attached hydrogen (secondary N) is 2. The Labute approximate surface area is 81.7 Å². The zero-order valence-electron chi connectivity index (χ0n) is 8.09. The number of hydrogen-bond acceptors (Lipinski definition) is 4. The minimum Gasteiger partial charge on any atom is -0.391 e. The highest BCUT2D eigenvalue weighted by molar-refractivity contribution is 5.60. The van der Waals surface area contributed by atoms with E-state index in [9.17, 15) is 4.79 Å². The fraction of sp³-hybridized carbons (Fsp3) is 0.333. The SMILES string of the molecule is C#CC(C)(C)Nc1nc[nH]c(=O)c1N. The van der Waals surface area contributed by atoms with Crippen molar-refractivity contribution in [2.24, 2.45) is 0 Å². The van der Waals surface area contributed by atoms with Crippen molar-refractivity contribution in [2.45, 2.75) is 19.4 Å². The zero-order chi connectivity index (χ0) is 10.8. The average Bonchev–Trinajstić information content (AvgIpc) is 2.13. The van der Waals surface area contributed by atoms with Crippen molar-refractivity contribution in [1.82, 2.24) is 9.97 Å². The van der Waals surface area contributed by atoms with Crippen LogP contribution in [0.2, 0.25) is 0 Å². The van der Waals surface area contributed by atoms with E-state index in [-0.39, 0.29) is 11.2 Å². The van der Waals surface area contributed by atoms with Crippen LogP contribution >= 0.6 is 0 Å². The second-order valence-electron chi connectivity index (χ2n) is 3.39. The molecule has 0 aliphatic carbocycles. The summed E-state index contributed by atoms with van der Waals surface area (Å²) in [7, 11) is 0. The first-order chi connectivity index (χ1) is 6.46. The van der Waals surface area contributed by atoms with Crippen LogP contribution < -0.4 is 16.6 Å². The van der Waals surface area contributed by atoms with Crippen molar-refractivity contribution in [1.29, 1.82) is 0 Å². The van der Waals surface area contributed by atoms with Crippen LogP contribution in [0.25, 0.3) is 0 Å². The third kappa shape index (κ3) is 2.04. The standard InChI is InChI=1S/C9H12N4O/c1-4-9(2,3)13-7-6(10)8(14)12-5-11-7/h1,5H,10H2,2-3H3,(H2,11,12,13,14). The smallest absolute Gasteiger partial charge is 0.276 e. The summed E-state index contributed by atoms with van der Waals surface area (Å²) in [5.74, 6) is 2.82. The van der Waals surface area contributed by atoms with Crippen molar-refractivity contribution >= 4 is 11.5 Å².